The van der Waals surface area contributed by atoms with Crippen molar-refractivity contribution < 1.29 is 0 Å². The molecule has 0 radical (unpaired) electrons. The van der Waals surface area contributed by atoms with Crippen molar-refractivity contribution in [3.8, 4) is 0 Å². The van der Waals surface area contributed by atoms with Gasteiger partial charge in [0.1, 0.15) is 0 Å². The van der Waals surface area contributed by atoms with Gasteiger partial charge < -0.3 is 0 Å². The maximum absolute atomic E-state index is 6.43. The Kier molecular flexibility index (Phi) is 3.82. The van der Waals surface area contributed by atoms with Gasteiger partial charge in [0.25, 0.3) is 0 Å². The van der Waals surface area contributed by atoms with Gasteiger partial charge in [-0.2, -0.15) is 0 Å². The predicted molar refractivity (Wildman–Crippen MR) is 76.0 cm³/mol. The highest BCUT2D eigenvalue weighted by Gasteiger charge is 2.20. The van der Waals surface area contributed by atoms with Crippen LogP contribution in [-0.4, -0.2) is 0 Å². The van der Waals surface area contributed by atoms with Gasteiger partial charge in [-0.25, -0.2) is 0 Å². The van der Waals surface area contributed by atoms with E-state index in [-0.39, 0.29) is 5.41 Å². The molecule has 1 fully saturated rings. The number of hydrogen-bond acceptors (Lipinski definition) is 0. The lowest BCUT2D eigenvalue weighted by Gasteiger charge is -2.25. The van der Waals surface area contributed by atoms with E-state index in [1.165, 1.54) is 43.2 Å². The molecule has 1 aromatic carbocycles. The van der Waals surface area contributed by atoms with E-state index in [1.54, 1.807) is 0 Å². The molecule has 0 aromatic heterocycles. The van der Waals surface area contributed by atoms with E-state index in [0.29, 0.717) is 0 Å². The van der Waals surface area contributed by atoms with Crippen molar-refractivity contribution in [1.82, 2.24) is 0 Å². The van der Waals surface area contributed by atoms with E-state index in [0.717, 1.165) is 10.9 Å². The van der Waals surface area contributed by atoms with Crippen molar-refractivity contribution in [3.05, 3.63) is 34.3 Å². The van der Waals surface area contributed by atoms with E-state index in [9.17, 15) is 0 Å². The third-order valence-corrected chi connectivity index (χ3v) is 4.19. The van der Waals surface area contributed by atoms with Crippen LogP contribution in [0.1, 0.15) is 69.9 Å². The second-order valence-electron chi connectivity index (χ2n) is 6.32. The fourth-order valence-corrected chi connectivity index (χ4v) is 3.30. The molecule has 0 bridgehead atoms. The zero-order chi connectivity index (χ0) is 12.5. The lowest BCUT2D eigenvalue weighted by atomic mass is 9.81. The first-order valence-corrected chi connectivity index (χ1v) is 7.16. The first-order valence-electron chi connectivity index (χ1n) is 6.78. The molecule has 2 rings (SSSR count). The summed E-state index contributed by atoms with van der Waals surface area (Å²) in [5, 5.41) is 0.945. The lowest BCUT2D eigenvalue weighted by Crippen LogP contribution is -2.12. The third kappa shape index (κ3) is 3.04. The molecule has 0 amide bonds. The highest BCUT2D eigenvalue weighted by Crippen LogP contribution is 2.36. The fraction of sp³-hybridized carbons (Fsp3) is 0.625. The van der Waals surface area contributed by atoms with Crippen LogP contribution in [0.25, 0.3) is 0 Å². The summed E-state index contributed by atoms with van der Waals surface area (Å²) in [6, 6.07) is 6.73. The van der Waals surface area contributed by atoms with E-state index < -0.39 is 0 Å². The normalized spacial score (nSPS) is 18.4. The van der Waals surface area contributed by atoms with Crippen molar-refractivity contribution in [1.29, 1.82) is 0 Å². The summed E-state index contributed by atoms with van der Waals surface area (Å²) >= 11 is 6.43. The number of benzene rings is 1. The van der Waals surface area contributed by atoms with Crippen LogP contribution in [0.15, 0.2) is 18.2 Å². The summed E-state index contributed by atoms with van der Waals surface area (Å²) in [5.74, 6) is 0.746. The highest BCUT2D eigenvalue weighted by atomic mass is 35.5. The summed E-state index contributed by atoms with van der Waals surface area (Å²) in [5.41, 5.74) is 2.85. The number of rotatable bonds is 1. The number of halogens is 1. The van der Waals surface area contributed by atoms with Crippen LogP contribution in [0.4, 0.5) is 0 Å². The van der Waals surface area contributed by atoms with Crippen molar-refractivity contribution in [2.24, 2.45) is 0 Å². The van der Waals surface area contributed by atoms with Gasteiger partial charge in [0, 0.05) is 5.02 Å². The average molecular weight is 251 g/mol. The van der Waals surface area contributed by atoms with Crippen LogP contribution in [0.5, 0.6) is 0 Å². The maximum atomic E-state index is 6.43. The van der Waals surface area contributed by atoms with Crippen LogP contribution in [0, 0.1) is 0 Å². The Labute approximate surface area is 110 Å². The zero-order valence-corrected chi connectivity index (χ0v) is 12.0. The topological polar surface area (TPSA) is 0 Å². The lowest BCUT2D eigenvalue weighted by molar-refractivity contribution is 0.443. The van der Waals surface area contributed by atoms with E-state index in [1.807, 2.05) is 0 Å². The van der Waals surface area contributed by atoms with Gasteiger partial charge in [-0.3, -0.25) is 0 Å². The van der Waals surface area contributed by atoms with Gasteiger partial charge in [0.2, 0.25) is 0 Å². The van der Waals surface area contributed by atoms with E-state index in [4.69, 9.17) is 11.6 Å². The average Bonchev–Trinajstić information content (AvgIpc) is 2.28. The van der Waals surface area contributed by atoms with Crippen molar-refractivity contribution in [2.45, 2.75) is 64.2 Å². The molecule has 94 valence electrons. The molecular formula is C16H23Cl. The Morgan fingerprint density at radius 1 is 1.06 bits per heavy atom. The van der Waals surface area contributed by atoms with Crippen molar-refractivity contribution in [2.75, 3.05) is 0 Å². The van der Waals surface area contributed by atoms with Gasteiger partial charge in [-0.05, 0) is 41.4 Å². The summed E-state index contributed by atoms with van der Waals surface area (Å²) in [6.07, 6.45) is 6.84. The summed E-state index contributed by atoms with van der Waals surface area (Å²) in [7, 11) is 0. The first kappa shape index (κ1) is 13.0. The van der Waals surface area contributed by atoms with Crippen LogP contribution in [-0.2, 0) is 5.41 Å². The quantitative estimate of drug-likeness (QED) is 0.601. The Balaban J connectivity index is 2.24. The molecule has 0 unspecified atom stereocenters. The smallest absolute Gasteiger partial charge is 0.0446 e. The monoisotopic (exact) mass is 250 g/mol. The predicted octanol–water partition coefficient (Wildman–Crippen LogP) is 5.69. The Morgan fingerprint density at radius 2 is 1.71 bits per heavy atom. The molecule has 17 heavy (non-hydrogen) atoms. The van der Waals surface area contributed by atoms with E-state index >= 15 is 0 Å². The maximum Gasteiger partial charge on any atom is 0.0446 e. The van der Waals surface area contributed by atoms with Crippen LogP contribution in [0.2, 0.25) is 5.02 Å². The minimum Gasteiger partial charge on any atom is -0.0840 e. The summed E-state index contributed by atoms with van der Waals surface area (Å²) in [4.78, 5) is 0. The van der Waals surface area contributed by atoms with Crippen LogP contribution >= 0.6 is 11.6 Å². The number of hydrogen-bond donors (Lipinski definition) is 0. The zero-order valence-electron chi connectivity index (χ0n) is 11.2. The molecule has 1 saturated carbocycles. The molecular weight excluding hydrogens is 228 g/mol. The van der Waals surface area contributed by atoms with Crippen LogP contribution in [0.3, 0.4) is 0 Å². The minimum absolute atomic E-state index is 0.141. The van der Waals surface area contributed by atoms with Gasteiger partial charge in [0.05, 0.1) is 0 Å². The third-order valence-electron chi connectivity index (χ3n) is 3.88. The minimum atomic E-state index is 0.141. The molecule has 1 aliphatic carbocycles. The molecule has 0 nitrogen and oxygen atoms in total. The largest absolute Gasteiger partial charge is 0.0840 e. The van der Waals surface area contributed by atoms with Gasteiger partial charge in [0.15, 0.2) is 0 Å². The van der Waals surface area contributed by atoms with Gasteiger partial charge in [-0.1, -0.05) is 63.8 Å². The first-order chi connectivity index (χ1) is 7.98. The highest BCUT2D eigenvalue weighted by molar-refractivity contribution is 6.31. The summed E-state index contributed by atoms with van der Waals surface area (Å²) in [6.45, 7) is 6.65. The van der Waals surface area contributed by atoms with Crippen molar-refractivity contribution >= 4 is 11.6 Å². The molecule has 0 atom stereocenters. The van der Waals surface area contributed by atoms with Gasteiger partial charge in [-0.15, -0.1) is 0 Å². The Morgan fingerprint density at radius 3 is 2.24 bits per heavy atom. The van der Waals surface area contributed by atoms with Gasteiger partial charge >= 0.3 is 0 Å². The second-order valence-corrected chi connectivity index (χ2v) is 6.73. The molecule has 0 aliphatic heterocycles. The fourth-order valence-electron chi connectivity index (χ4n) is 2.83. The van der Waals surface area contributed by atoms with Crippen molar-refractivity contribution in [3.63, 3.8) is 0 Å². The summed E-state index contributed by atoms with van der Waals surface area (Å²) < 4.78 is 0. The standard InChI is InChI=1S/C16H23Cl/c1-16(2,3)14-10-9-13(11-15(14)17)12-7-5-4-6-8-12/h9-12H,4-8H2,1-3H3. The van der Waals surface area contributed by atoms with E-state index in [2.05, 4.69) is 39.0 Å². The molecule has 1 aliphatic rings. The second kappa shape index (κ2) is 5.02. The SMILES string of the molecule is CC(C)(C)c1ccc(C2CCCCC2)cc1Cl. The molecule has 0 N–H and O–H groups in total. The molecule has 0 spiro atoms. The molecule has 0 saturated heterocycles. The molecule has 0 heterocycles. The van der Waals surface area contributed by atoms with Crippen LogP contribution < -0.4 is 0 Å². The Hall–Kier alpha value is -0.490. The molecule has 1 aromatic rings. The molecule has 1 heteroatoms. The Bertz CT molecular complexity index is 381.